The number of nitrogens with zero attached hydrogens (tertiary/aromatic N) is 1. The molecule has 0 saturated heterocycles. The largest absolute Gasteiger partial charge is 0.467 e. The minimum Gasteiger partial charge on any atom is -0.467 e. The van der Waals surface area contributed by atoms with E-state index in [2.05, 4.69) is 5.32 Å². The van der Waals surface area contributed by atoms with E-state index in [4.69, 9.17) is 9.47 Å². The van der Waals surface area contributed by atoms with Gasteiger partial charge in [0.15, 0.2) is 0 Å². The van der Waals surface area contributed by atoms with Crippen molar-refractivity contribution in [1.29, 1.82) is 0 Å². The van der Waals surface area contributed by atoms with Gasteiger partial charge in [0.2, 0.25) is 5.91 Å². The number of ether oxygens (including phenoxy) is 2. The van der Waals surface area contributed by atoms with Gasteiger partial charge in [-0.05, 0) is 29.0 Å². The molecule has 3 rings (SSSR count). The summed E-state index contributed by atoms with van der Waals surface area (Å²) >= 11 is 0. The van der Waals surface area contributed by atoms with E-state index in [1.807, 2.05) is 68.4 Å². The van der Waals surface area contributed by atoms with Crippen LogP contribution in [0, 0.1) is 5.92 Å². The first-order valence-electron chi connectivity index (χ1n) is 10.8. The molecule has 1 aliphatic rings. The first-order chi connectivity index (χ1) is 15.4. The molecule has 1 heterocycles. The molecule has 2 aromatic rings. The maximum atomic E-state index is 13.2. The lowest BCUT2D eigenvalue weighted by atomic mass is 9.93. The van der Waals surface area contributed by atoms with Gasteiger partial charge in [0, 0.05) is 6.42 Å². The summed E-state index contributed by atoms with van der Waals surface area (Å²) in [6.07, 6.45) is 0.222. The molecule has 170 valence electrons. The van der Waals surface area contributed by atoms with Crippen molar-refractivity contribution in [3.63, 3.8) is 0 Å². The third kappa shape index (κ3) is 5.87. The summed E-state index contributed by atoms with van der Waals surface area (Å²) in [6, 6.07) is 15.5. The third-order valence-corrected chi connectivity index (χ3v) is 5.50. The van der Waals surface area contributed by atoms with E-state index < -0.39 is 30.1 Å². The zero-order chi connectivity index (χ0) is 23.1. The molecule has 1 aliphatic heterocycles. The molecule has 1 N–H and O–H groups in total. The van der Waals surface area contributed by atoms with Crippen LogP contribution in [0.3, 0.4) is 0 Å². The Bertz CT molecular complexity index is 944. The van der Waals surface area contributed by atoms with Gasteiger partial charge in [-0.3, -0.25) is 9.69 Å². The normalized spacial score (nSPS) is 16.1. The molecular formula is C25H30N2O5. The van der Waals surface area contributed by atoms with Crippen LogP contribution in [-0.2, 0) is 38.6 Å². The third-order valence-electron chi connectivity index (χ3n) is 5.50. The summed E-state index contributed by atoms with van der Waals surface area (Å²) in [6.45, 7) is 4.30. The first kappa shape index (κ1) is 23.3. The zero-order valence-corrected chi connectivity index (χ0v) is 18.7. The van der Waals surface area contributed by atoms with E-state index in [0.29, 0.717) is 12.8 Å². The minimum absolute atomic E-state index is 0.115. The number of benzene rings is 2. The number of rotatable bonds is 7. The summed E-state index contributed by atoms with van der Waals surface area (Å²) in [5.74, 6) is -0.716. The molecule has 0 radical (unpaired) electrons. The molecule has 0 fully saturated rings. The van der Waals surface area contributed by atoms with Crippen molar-refractivity contribution in [1.82, 2.24) is 10.2 Å². The van der Waals surface area contributed by atoms with Gasteiger partial charge in [0.1, 0.15) is 18.7 Å². The van der Waals surface area contributed by atoms with Crippen LogP contribution in [0.25, 0.3) is 0 Å². The molecule has 0 saturated carbocycles. The lowest BCUT2D eigenvalue weighted by Crippen LogP contribution is -2.55. The topological polar surface area (TPSA) is 84.9 Å². The summed E-state index contributed by atoms with van der Waals surface area (Å²) in [5, 5.41) is 2.80. The quantitative estimate of drug-likeness (QED) is 0.670. The highest BCUT2D eigenvalue weighted by molar-refractivity contribution is 5.90. The van der Waals surface area contributed by atoms with Crippen LogP contribution in [0.4, 0.5) is 4.79 Å². The second kappa shape index (κ2) is 10.8. The minimum atomic E-state index is -0.785. The van der Waals surface area contributed by atoms with Crippen molar-refractivity contribution in [3.8, 4) is 0 Å². The van der Waals surface area contributed by atoms with Crippen LogP contribution < -0.4 is 5.32 Å². The van der Waals surface area contributed by atoms with Crippen LogP contribution in [0.15, 0.2) is 54.6 Å². The fourth-order valence-electron chi connectivity index (χ4n) is 3.85. The van der Waals surface area contributed by atoms with Crippen molar-refractivity contribution < 1.29 is 23.9 Å². The molecule has 0 spiro atoms. The molecule has 0 bridgehead atoms. The predicted molar refractivity (Wildman–Crippen MR) is 120 cm³/mol. The molecule has 7 nitrogen and oxygen atoms in total. The van der Waals surface area contributed by atoms with E-state index in [1.165, 1.54) is 12.0 Å². The van der Waals surface area contributed by atoms with Gasteiger partial charge in [-0.15, -0.1) is 0 Å². The summed E-state index contributed by atoms with van der Waals surface area (Å²) in [4.78, 5) is 39.9. The maximum Gasteiger partial charge on any atom is 0.411 e. The monoisotopic (exact) mass is 438 g/mol. The summed E-state index contributed by atoms with van der Waals surface area (Å²) in [7, 11) is 1.30. The molecule has 2 aromatic carbocycles. The number of methoxy groups -OCH3 is 1. The van der Waals surface area contributed by atoms with Gasteiger partial charge in [-0.1, -0.05) is 68.4 Å². The van der Waals surface area contributed by atoms with Gasteiger partial charge >= 0.3 is 12.1 Å². The van der Waals surface area contributed by atoms with Crippen LogP contribution >= 0.6 is 0 Å². The number of amides is 2. The number of hydrogen-bond donors (Lipinski definition) is 1. The predicted octanol–water partition coefficient (Wildman–Crippen LogP) is 3.45. The Kier molecular flexibility index (Phi) is 7.87. The van der Waals surface area contributed by atoms with Crippen molar-refractivity contribution in [2.75, 3.05) is 7.11 Å². The lowest BCUT2D eigenvalue weighted by Gasteiger charge is -2.36. The second-order valence-corrected chi connectivity index (χ2v) is 8.37. The van der Waals surface area contributed by atoms with Gasteiger partial charge in [0.25, 0.3) is 0 Å². The molecule has 32 heavy (non-hydrogen) atoms. The van der Waals surface area contributed by atoms with E-state index in [-0.39, 0.29) is 19.1 Å². The Morgan fingerprint density at radius 1 is 1.03 bits per heavy atom. The number of carbonyl (C=O) groups excluding carboxylic acids is 3. The molecule has 0 aromatic heterocycles. The van der Waals surface area contributed by atoms with Crippen LogP contribution in [-0.4, -0.2) is 42.1 Å². The molecule has 0 aliphatic carbocycles. The number of fused-ring (bicyclic) bond motifs is 1. The van der Waals surface area contributed by atoms with Crippen LogP contribution in [0.1, 0.15) is 37.0 Å². The first-order valence-corrected chi connectivity index (χ1v) is 10.8. The maximum absolute atomic E-state index is 13.2. The molecule has 2 atom stereocenters. The molecule has 2 amide bonds. The highest BCUT2D eigenvalue weighted by Crippen LogP contribution is 2.25. The van der Waals surface area contributed by atoms with Crippen molar-refractivity contribution in [2.24, 2.45) is 5.92 Å². The highest BCUT2D eigenvalue weighted by atomic mass is 16.6. The Balaban J connectivity index is 1.78. The second-order valence-electron chi connectivity index (χ2n) is 8.37. The molecular weight excluding hydrogens is 408 g/mol. The number of nitrogens with one attached hydrogen (secondary N) is 1. The van der Waals surface area contributed by atoms with Gasteiger partial charge in [0.05, 0.1) is 13.7 Å². The highest BCUT2D eigenvalue weighted by Gasteiger charge is 2.37. The Morgan fingerprint density at radius 3 is 2.34 bits per heavy atom. The van der Waals surface area contributed by atoms with Gasteiger partial charge in [-0.2, -0.15) is 0 Å². The van der Waals surface area contributed by atoms with Crippen LogP contribution in [0.5, 0.6) is 0 Å². The number of hydrogen-bond acceptors (Lipinski definition) is 5. The number of carbonyl (C=O) groups is 3. The van der Waals surface area contributed by atoms with Crippen molar-refractivity contribution in [2.45, 2.75) is 51.9 Å². The van der Waals surface area contributed by atoms with E-state index >= 15 is 0 Å². The lowest BCUT2D eigenvalue weighted by molar-refractivity contribution is -0.146. The summed E-state index contributed by atoms with van der Waals surface area (Å²) in [5.41, 5.74) is 2.83. The smallest absolute Gasteiger partial charge is 0.411 e. The Labute approximate surface area is 188 Å². The SMILES string of the molecule is COC(=O)[C@@H](CC(C)C)NC(=O)[C@@H]1Cc2ccccc2CN1C(=O)OCc1ccccc1. The van der Waals surface area contributed by atoms with E-state index in [9.17, 15) is 14.4 Å². The fourth-order valence-corrected chi connectivity index (χ4v) is 3.85. The number of esters is 1. The van der Waals surface area contributed by atoms with Gasteiger partial charge < -0.3 is 14.8 Å². The average Bonchev–Trinajstić information content (AvgIpc) is 2.81. The Morgan fingerprint density at radius 2 is 1.69 bits per heavy atom. The van der Waals surface area contributed by atoms with Gasteiger partial charge in [-0.25, -0.2) is 9.59 Å². The summed E-state index contributed by atoms with van der Waals surface area (Å²) < 4.78 is 10.4. The van der Waals surface area contributed by atoms with E-state index in [1.54, 1.807) is 0 Å². The van der Waals surface area contributed by atoms with Crippen molar-refractivity contribution >= 4 is 18.0 Å². The standard InChI is InChI=1S/C25H30N2O5/c1-17(2)13-21(24(29)31-3)26-23(28)22-14-19-11-7-8-12-20(19)15-27(22)25(30)32-16-18-9-5-4-6-10-18/h4-12,17,21-22H,13-16H2,1-3H3,(H,26,28)/t21-,22+/m1/s1. The Hall–Kier alpha value is -3.35. The van der Waals surface area contributed by atoms with Crippen LogP contribution in [0.2, 0.25) is 0 Å². The van der Waals surface area contributed by atoms with E-state index in [0.717, 1.165) is 16.7 Å². The average molecular weight is 439 g/mol. The molecule has 7 heteroatoms. The fraction of sp³-hybridized carbons (Fsp3) is 0.400. The van der Waals surface area contributed by atoms with Crippen molar-refractivity contribution in [3.05, 3.63) is 71.3 Å². The molecule has 0 unspecified atom stereocenters. The zero-order valence-electron chi connectivity index (χ0n) is 18.7.